The highest BCUT2D eigenvalue weighted by molar-refractivity contribution is 7.92. The van der Waals surface area contributed by atoms with Crippen molar-refractivity contribution in [1.29, 1.82) is 0 Å². The zero-order valence-electron chi connectivity index (χ0n) is 16.9. The fourth-order valence-corrected chi connectivity index (χ4v) is 4.36. The van der Waals surface area contributed by atoms with Gasteiger partial charge in [0, 0.05) is 18.0 Å². The van der Waals surface area contributed by atoms with Crippen molar-refractivity contribution >= 4 is 33.2 Å². The zero-order valence-corrected chi connectivity index (χ0v) is 18.5. The summed E-state index contributed by atoms with van der Waals surface area (Å²) in [5.41, 5.74) is 1.32. The molecule has 1 atom stereocenters. The first-order chi connectivity index (χ1) is 14.2. The van der Waals surface area contributed by atoms with Crippen LogP contribution in [0.3, 0.4) is 0 Å². The van der Waals surface area contributed by atoms with Gasteiger partial charge in [-0.2, -0.15) is 0 Å². The lowest BCUT2D eigenvalue weighted by Gasteiger charge is -2.26. The molecule has 1 aliphatic heterocycles. The Bertz CT molecular complexity index is 1010. The third-order valence-corrected chi connectivity index (χ3v) is 6.11. The lowest BCUT2D eigenvalue weighted by atomic mass is 10.2. The second kappa shape index (κ2) is 9.57. The second-order valence-electron chi connectivity index (χ2n) is 7.17. The molecule has 3 rings (SSSR count). The number of carbonyl (C=O) groups is 1. The minimum Gasteiger partial charge on any atom is -0.486 e. The monoisotopic (exact) mass is 452 g/mol. The van der Waals surface area contributed by atoms with E-state index in [2.05, 4.69) is 5.32 Å². The molecule has 2 aromatic carbocycles. The minimum atomic E-state index is -3.51. The molecule has 1 N–H and O–H groups in total. The van der Waals surface area contributed by atoms with Gasteiger partial charge in [-0.05, 0) is 43.2 Å². The number of fused-ring (bicyclic) bond motifs is 1. The number of rotatable bonds is 8. The molecule has 0 aromatic heterocycles. The van der Waals surface area contributed by atoms with E-state index in [0.29, 0.717) is 41.8 Å². The van der Waals surface area contributed by atoms with Gasteiger partial charge >= 0.3 is 0 Å². The summed E-state index contributed by atoms with van der Waals surface area (Å²) in [6.45, 7) is 2.67. The highest BCUT2D eigenvalue weighted by Gasteiger charge is 2.22. The van der Waals surface area contributed by atoms with Gasteiger partial charge < -0.3 is 14.8 Å². The minimum absolute atomic E-state index is 0.172. The van der Waals surface area contributed by atoms with Crippen LogP contribution in [-0.4, -0.2) is 46.4 Å². The SMILES string of the molecule is Cc1ccc(Cl)cc1N(CCCC(=O)NC[C@H]1COc2ccccc2O1)S(C)(=O)=O. The van der Waals surface area contributed by atoms with Crippen molar-refractivity contribution in [2.75, 3.05) is 30.3 Å². The first kappa shape index (κ1) is 22.2. The van der Waals surface area contributed by atoms with Crippen LogP contribution in [0.1, 0.15) is 18.4 Å². The molecule has 0 saturated heterocycles. The van der Waals surface area contributed by atoms with Crippen molar-refractivity contribution in [3.8, 4) is 11.5 Å². The number of carbonyl (C=O) groups excluding carboxylic acids is 1. The number of benzene rings is 2. The third kappa shape index (κ3) is 5.79. The highest BCUT2D eigenvalue weighted by Crippen LogP contribution is 2.30. The lowest BCUT2D eigenvalue weighted by molar-refractivity contribution is -0.121. The average Bonchev–Trinajstić information content (AvgIpc) is 2.70. The maximum absolute atomic E-state index is 12.3. The Balaban J connectivity index is 1.50. The molecule has 9 heteroatoms. The fourth-order valence-electron chi connectivity index (χ4n) is 3.18. The van der Waals surface area contributed by atoms with Gasteiger partial charge in [-0.15, -0.1) is 0 Å². The van der Waals surface area contributed by atoms with Gasteiger partial charge in [0.15, 0.2) is 11.5 Å². The maximum atomic E-state index is 12.3. The van der Waals surface area contributed by atoms with Gasteiger partial charge in [0.05, 0.1) is 18.5 Å². The molecular weight excluding hydrogens is 428 g/mol. The lowest BCUT2D eigenvalue weighted by Crippen LogP contribution is -2.41. The average molecular weight is 453 g/mol. The molecular formula is C21H25ClN2O5S. The van der Waals surface area contributed by atoms with E-state index in [4.69, 9.17) is 21.1 Å². The summed E-state index contributed by atoms with van der Waals surface area (Å²) >= 11 is 6.03. The van der Waals surface area contributed by atoms with Crippen LogP contribution in [-0.2, 0) is 14.8 Å². The molecule has 162 valence electrons. The van der Waals surface area contributed by atoms with Crippen LogP contribution < -0.4 is 19.1 Å². The summed E-state index contributed by atoms with van der Waals surface area (Å²) < 4.78 is 37.2. The number of halogens is 1. The predicted octanol–water partition coefficient (Wildman–Crippen LogP) is 3.15. The number of hydrogen-bond donors (Lipinski definition) is 1. The van der Waals surface area contributed by atoms with Crippen molar-refractivity contribution in [1.82, 2.24) is 5.32 Å². The van der Waals surface area contributed by atoms with Crippen molar-refractivity contribution in [2.24, 2.45) is 0 Å². The quantitative estimate of drug-likeness (QED) is 0.665. The molecule has 1 amide bonds. The first-order valence-corrected chi connectivity index (χ1v) is 11.9. The molecule has 0 fully saturated rings. The number of aryl methyl sites for hydroxylation is 1. The van der Waals surface area contributed by atoms with Crippen molar-refractivity contribution in [3.63, 3.8) is 0 Å². The number of anilines is 1. The van der Waals surface area contributed by atoms with E-state index in [1.165, 1.54) is 4.31 Å². The molecule has 0 unspecified atom stereocenters. The first-order valence-electron chi connectivity index (χ1n) is 9.63. The summed E-state index contributed by atoms with van der Waals surface area (Å²) in [5.74, 6) is 1.18. The van der Waals surface area contributed by atoms with Crippen LogP contribution >= 0.6 is 11.6 Å². The number of nitrogens with zero attached hydrogens (tertiary/aromatic N) is 1. The van der Waals surface area contributed by atoms with Gasteiger partial charge in [-0.3, -0.25) is 9.10 Å². The van der Waals surface area contributed by atoms with Gasteiger partial charge in [0.2, 0.25) is 15.9 Å². The summed E-state index contributed by atoms with van der Waals surface area (Å²) in [6, 6.07) is 12.5. The van der Waals surface area contributed by atoms with Crippen LogP contribution in [0.25, 0.3) is 0 Å². The van der Waals surface area contributed by atoms with Crippen LogP contribution in [0.15, 0.2) is 42.5 Å². The Hall–Kier alpha value is -2.45. The number of hydrogen-bond acceptors (Lipinski definition) is 5. The molecule has 0 saturated carbocycles. The van der Waals surface area contributed by atoms with Gasteiger partial charge in [0.25, 0.3) is 0 Å². The summed E-state index contributed by atoms with van der Waals surface area (Å²) in [7, 11) is -3.51. The molecule has 7 nitrogen and oxygen atoms in total. The van der Waals surface area contributed by atoms with E-state index in [1.807, 2.05) is 31.2 Å². The zero-order chi connectivity index (χ0) is 21.7. The molecule has 0 aliphatic carbocycles. The molecule has 1 heterocycles. The molecule has 2 aromatic rings. The standard InChI is InChI=1S/C21H25ClN2O5S/c1-15-9-10-16(22)12-18(15)24(30(2,26)27)11-5-8-21(25)23-13-17-14-28-19-6-3-4-7-20(19)29-17/h3-4,6-7,9-10,12,17H,5,8,11,13-14H2,1-2H3,(H,23,25)/t17-/m0/s1. The molecule has 30 heavy (non-hydrogen) atoms. The Morgan fingerprint density at radius 1 is 1.23 bits per heavy atom. The van der Waals surface area contributed by atoms with Crippen LogP contribution in [0.4, 0.5) is 5.69 Å². The normalized spacial score (nSPS) is 15.5. The Morgan fingerprint density at radius 2 is 1.97 bits per heavy atom. The van der Waals surface area contributed by atoms with E-state index in [0.717, 1.165) is 11.8 Å². The number of ether oxygens (including phenoxy) is 2. The second-order valence-corrected chi connectivity index (χ2v) is 9.51. The van der Waals surface area contributed by atoms with Crippen LogP contribution in [0.5, 0.6) is 11.5 Å². The van der Waals surface area contributed by atoms with E-state index < -0.39 is 10.0 Å². The Morgan fingerprint density at radius 3 is 2.70 bits per heavy atom. The van der Waals surface area contributed by atoms with E-state index in [1.54, 1.807) is 18.2 Å². The number of nitrogens with one attached hydrogen (secondary N) is 1. The van der Waals surface area contributed by atoms with Gasteiger partial charge in [-0.25, -0.2) is 8.42 Å². The number of amides is 1. The summed E-state index contributed by atoms with van der Waals surface area (Å²) in [4.78, 5) is 12.2. The highest BCUT2D eigenvalue weighted by atomic mass is 35.5. The van der Waals surface area contributed by atoms with E-state index >= 15 is 0 Å². The van der Waals surface area contributed by atoms with Gasteiger partial charge in [-0.1, -0.05) is 29.8 Å². The molecule has 0 bridgehead atoms. The number of para-hydroxylation sites is 2. The fraction of sp³-hybridized carbons (Fsp3) is 0.381. The predicted molar refractivity (Wildman–Crippen MR) is 117 cm³/mol. The maximum Gasteiger partial charge on any atom is 0.232 e. The van der Waals surface area contributed by atoms with E-state index in [-0.39, 0.29) is 25.0 Å². The van der Waals surface area contributed by atoms with Crippen molar-refractivity contribution < 1.29 is 22.7 Å². The molecule has 1 aliphatic rings. The topological polar surface area (TPSA) is 84.9 Å². The van der Waals surface area contributed by atoms with Crippen molar-refractivity contribution in [3.05, 3.63) is 53.1 Å². The van der Waals surface area contributed by atoms with Gasteiger partial charge in [0.1, 0.15) is 12.7 Å². The summed E-state index contributed by atoms with van der Waals surface area (Å²) in [5, 5.41) is 3.28. The van der Waals surface area contributed by atoms with Crippen LogP contribution in [0.2, 0.25) is 5.02 Å². The van der Waals surface area contributed by atoms with E-state index in [9.17, 15) is 13.2 Å². The smallest absolute Gasteiger partial charge is 0.232 e. The number of sulfonamides is 1. The van der Waals surface area contributed by atoms with Crippen LogP contribution in [0, 0.1) is 6.92 Å². The Labute approximate surface area is 182 Å². The van der Waals surface area contributed by atoms with Crippen molar-refractivity contribution in [2.45, 2.75) is 25.9 Å². The molecule has 0 spiro atoms. The largest absolute Gasteiger partial charge is 0.486 e. The third-order valence-electron chi connectivity index (χ3n) is 4.70. The summed E-state index contributed by atoms with van der Waals surface area (Å²) in [6.07, 6.45) is 1.43. The molecule has 0 radical (unpaired) electrons. The Kier molecular flexibility index (Phi) is 7.10.